The van der Waals surface area contributed by atoms with Crippen molar-refractivity contribution in [3.63, 3.8) is 0 Å². The van der Waals surface area contributed by atoms with Gasteiger partial charge in [-0.1, -0.05) is 89.0 Å². The van der Waals surface area contributed by atoms with E-state index >= 15 is 0 Å². The van der Waals surface area contributed by atoms with E-state index in [1.807, 2.05) is 36.4 Å². The maximum Gasteiger partial charge on any atom is 1.00 e. The number of carboxylic acids is 1. The predicted molar refractivity (Wildman–Crippen MR) is 116 cm³/mol. The second kappa shape index (κ2) is 13.7. The van der Waals surface area contributed by atoms with Gasteiger partial charge in [0.1, 0.15) is 11.5 Å². The molecule has 0 unspecified atom stereocenters. The van der Waals surface area contributed by atoms with Gasteiger partial charge in [-0.15, -0.1) is 0 Å². The molecule has 1 aliphatic rings. The molecule has 3 nitrogen and oxygen atoms in total. The van der Waals surface area contributed by atoms with Crippen molar-refractivity contribution in [1.82, 2.24) is 0 Å². The fourth-order valence-electron chi connectivity index (χ4n) is 4.27. The van der Waals surface area contributed by atoms with Gasteiger partial charge in [-0.3, -0.25) is 0 Å². The maximum absolute atomic E-state index is 11.9. The number of aryl methyl sites for hydroxylation is 1. The summed E-state index contributed by atoms with van der Waals surface area (Å²) in [6.07, 6.45) is 14.1. The number of para-hydroxylation sites is 1. The van der Waals surface area contributed by atoms with Gasteiger partial charge in [0.2, 0.25) is 0 Å². The summed E-state index contributed by atoms with van der Waals surface area (Å²) < 4.78 is 5.94. The van der Waals surface area contributed by atoms with Crippen LogP contribution in [0.5, 0.6) is 11.5 Å². The van der Waals surface area contributed by atoms with Crippen molar-refractivity contribution in [2.75, 3.05) is 0 Å². The first kappa shape index (κ1) is 25.6. The third-order valence-corrected chi connectivity index (χ3v) is 5.92. The average Bonchev–Trinajstić information content (AvgIpc) is 2.73. The van der Waals surface area contributed by atoms with Gasteiger partial charge in [-0.25, -0.2) is 0 Å². The van der Waals surface area contributed by atoms with Crippen molar-refractivity contribution in [1.29, 1.82) is 0 Å². The molecule has 3 rings (SSSR count). The molecule has 0 bridgehead atoms. The van der Waals surface area contributed by atoms with Crippen LogP contribution in [0.1, 0.15) is 98.2 Å². The van der Waals surface area contributed by atoms with Crippen molar-refractivity contribution < 1.29 is 66.0 Å². The van der Waals surface area contributed by atoms with Crippen LogP contribution in [0.25, 0.3) is 0 Å². The van der Waals surface area contributed by atoms with E-state index < -0.39 is 5.97 Å². The minimum atomic E-state index is -1.09. The number of unbranched alkanes of at least 4 members (excludes halogenated alkanes) is 9. The third-order valence-electron chi connectivity index (χ3n) is 5.92. The first-order valence-electron chi connectivity index (χ1n) is 11.3. The number of carbonyl (C=O) groups excluding carboxylic acids is 1. The molecule has 0 radical (unpaired) electrons. The Balaban J connectivity index is 0.00000320. The summed E-state index contributed by atoms with van der Waals surface area (Å²) in [7, 11) is 0. The van der Waals surface area contributed by atoms with Crippen LogP contribution in [0, 0.1) is 0 Å². The van der Waals surface area contributed by atoms with Crippen molar-refractivity contribution in [3.05, 3.63) is 58.7 Å². The molecule has 0 saturated carbocycles. The van der Waals surface area contributed by atoms with Crippen LogP contribution < -0.4 is 61.2 Å². The molecule has 30 heavy (non-hydrogen) atoms. The summed E-state index contributed by atoms with van der Waals surface area (Å²) in [5, 5.41) is 11.9. The van der Waals surface area contributed by atoms with Crippen LogP contribution in [0.15, 0.2) is 36.4 Å². The van der Waals surface area contributed by atoms with Crippen LogP contribution in [0.2, 0.25) is 0 Å². The molecule has 0 N–H and O–H groups in total. The van der Waals surface area contributed by atoms with Gasteiger partial charge in [0.15, 0.2) is 0 Å². The SMILES string of the molecule is CCCCCCCCCCCCc1ccc2c(c1C(=O)[O-])Cc1ccccc1O2.[K+]. The summed E-state index contributed by atoms with van der Waals surface area (Å²) in [5.41, 5.74) is 3.01. The van der Waals surface area contributed by atoms with Gasteiger partial charge in [0.05, 0.1) is 5.97 Å². The van der Waals surface area contributed by atoms with Crippen LogP contribution >= 0.6 is 0 Å². The summed E-state index contributed by atoms with van der Waals surface area (Å²) in [6.45, 7) is 2.25. The zero-order valence-electron chi connectivity index (χ0n) is 18.7. The Kier molecular flexibility index (Phi) is 11.7. The van der Waals surface area contributed by atoms with E-state index in [9.17, 15) is 9.90 Å². The summed E-state index contributed by atoms with van der Waals surface area (Å²) >= 11 is 0. The quantitative estimate of drug-likeness (QED) is 0.326. The van der Waals surface area contributed by atoms with E-state index in [4.69, 9.17) is 4.74 Å². The Morgan fingerprint density at radius 1 is 0.867 bits per heavy atom. The first-order valence-corrected chi connectivity index (χ1v) is 11.3. The number of benzene rings is 2. The summed E-state index contributed by atoms with van der Waals surface area (Å²) in [6, 6.07) is 11.6. The first-order chi connectivity index (χ1) is 14.2. The number of aromatic carboxylic acids is 1. The van der Waals surface area contributed by atoms with Gasteiger partial charge in [-0.05, 0) is 36.1 Å². The maximum atomic E-state index is 11.9. The van der Waals surface area contributed by atoms with E-state index in [-0.39, 0.29) is 51.4 Å². The van der Waals surface area contributed by atoms with E-state index in [0.717, 1.165) is 41.7 Å². The molecule has 2 aromatic rings. The molecular weight excluding hydrogens is 399 g/mol. The van der Waals surface area contributed by atoms with E-state index in [2.05, 4.69) is 6.92 Å². The minimum absolute atomic E-state index is 0. The topological polar surface area (TPSA) is 49.4 Å². The molecular formula is C26H33KO3. The van der Waals surface area contributed by atoms with Crippen molar-refractivity contribution in [2.24, 2.45) is 0 Å². The fourth-order valence-corrected chi connectivity index (χ4v) is 4.27. The molecule has 4 heteroatoms. The Labute approximate surface area is 224 Å². The molecule has 1 aliphatic heterocycles. The minimum Gasteiger partial charge on any atom is -0.545 e. The predicted octanol–water partition coefficient (Wildman–Crippen LogP) is 3.21. The zero-order valence-corrected chi connectivity index (χ0v) is 21.8. The van der Waals surface area contributed by atoms with Gasteiger partial charge >= 0.3 is 51.4 Å². The number of rotatable bonds is 12. The molecule has 1 heterocycles. The third kappa shape index (κ3) is 7.20. The van der Waals surface area contributed by atoms with Gasteiger partial charge < -0.3 is 14.6 Å². The summed E-state index contributed by atoms with van der Waals surface area (Å²) in [5.74, 6) is 0.369. The van der Waals surface area contributed by atoms with Gasteiger partial charge in [0, 0.05) is 17.5 Å². The zero-order chi connectivity index (χ0) is 20.5. The number of carboxylic acid groups (broad SMARTS) is 1. The van der Waals surface area contributed by atoms with Crippen molar-refractivity contribution in [2.45, 2.75) is 84.0 Å². The molecule has 0 fully saturated rings. The van der Waals surface area contributed by atoms with E-state index in [1.165, 1.54) is 51.4 Å². The van der Waals surface area contributed by atoms with Gasteiger partial charge in [-0.2, -0.15) is 0 Å². The largest absolute Gasteiger partial charge is 1.00 e. The Morgan fingerprint density at radius 3 is 2.17 bits per heavy atom. The number of ether oxygens (including phenoxy) is 1. The van der Waals surface area contributed by atoms with Crippen LogP contribution in [0.4, 0.5) is 0 Å². The Morgan fingerprint density at radius 2 is 1.50 bits per heavy atom. The number of carbonyl (C=O) groups is 1. The molecule has 0 spiro atoms. The van der Waals surface area contributed by atoms with Crippen LogP contribution in [0.3, 0.4) is 0 Å². The van der Waals surface area contributed by atoms with Crippen LogP contribution in [-0.4, -0.2) is 5.97 Å². The standard InChI is InChI=1S/C26H34O3.K/c1-2-3-4-5-6-7-8-9-10-11-14-20-17-18-24-22(25(20)26(27)28)19-21-15-12-13-16-23(21)29-24;/h12-13,15-18H,2-11,14,19H2,1H3,(H,27,28);/q;+1/p-1. The van der Waals surface area contributed by atoms with Gasteiger partial charge in [0.25, 0.3) is 0 Å². The van der Waals surface area contributed by atoms with Crippen molar-refractivity contribution in [3.8, 4) is 11.5 Å². The molecule has 156 valence electrons. The monoisotopic (exact) mass is 432 g/mol. The Bertz CT molecular complexity index is 816. The molecule has 0 saturated heterocycles. The molecule has 0 aliphatic carbocycles. The van der Waals surface area contributed by atoms with Crippen LogP contribution in [-0.2, 0) is 12.8 Å². The second-order valence-electron chi connectivity index (χ2n) is 8.18. The number of hydrogen-bond donors (Lipinski definition) is 0. The molecule has 0 amide bonds. The molecule has 0 aromatic heterocycles. The normalized spacial score (nSPS) is 11.8. The number of hydrogen-bond acceptors (Lipinski definition) is 3. The number of fused-ring (bicyclic) bond motifs is 2. The smallest absolute Gasteiger partial charge is 0.545 e. The van der Waals surface area contributed by atoms with E-state index in [1.54, 1.807) is 0 Å². The van der Waals surface area contributed by atoms with Crippen molar-refractivity contribution >= 4 is 5.97 Å². The van der Waals surface area contributed by atoms with E-state index in [0.29, 0.717) is 17.7 Å². The fraction of sp³-hybridized carbons (Fsp3) is 0.500. The second-order valence-corrected chi connectivity index (χ2v) is 8.18. The summed E-state index contributed by atoms with van der Waals surface area (Å²) in [4.78, 5) is 11.9. The molecule has 2 aromatic carbocycles. The average molecular weight is 433 g/mol. The molecule has 0 atom stereocenters. The Hall–Kier alpha value is -0.654.